The van der Waals surface area contributed by atoms with E-state index < -0.39 is 0 Å². The first-order valence-electron chi connectivity index (χ1n) is 9.57. The van der Waals surface area contributed by atoms with E-state index in [9.17, 15) is 9.18 Å². The minimum atomic E-state index is -0.302. The quantitative estimate of drug-likeness (QED) is 0.476. The molecule has 1 amide bonds. The number of carbonyl (C=O) groups is 1. The van der Waals surface area contributed by atoms with Crippen molar-refractivity contribution in [1.82, 2.24) is 15.1 Å². The summed E-state index contributed by atoms with van der Waals surface area (Å²) in [6.07, 6.45) is 0.645. The van der Waals surface area contributed by atoms with Gasteiger partial charge >= 0.3 is 0 Å². The molecule has 1 atom stereocenters. The summed E-state index contributed by atoms with van der Waals surface area (Å²) in [6, 6.07) is 16.5. The standard InChI is InChI=1S/C22H24FN3O2S/c1-3-26(14-17-8-7-11-19(23)13-17)21(27)15-29-22-25-24-20(28-22)12-16(2)18-9-5-4-6-10-18/h4-11,13,16H,3,12,14-15H2,1-2H3. The molecule has 0 saturated heterocycles. The van der Waals surface area contributed by atoms with Gasteiger partial charge in [-0.15, -0.1) is 10.2 Å². The molecule has 0 aliphatic carbocycles. The molecule has 0 N–H and O–H groups in total. The number of nitrogens with zero attached hydrogens (tertiary/aromatic N) is 3. The van der Waals surface area contributed by atoms with Crippen LogP contribution in [0.5, 0.6) is 0 Å². The Kier molecular flexibility index (Phi) is 7.41. The van der Waals surface area contributed by atoms with Crippen LogP contribution in [-0.2, 0) is 17.8 Å². The highest BCUT2D eigenvalue weighted by Crippen LogP contribution is 2.22. The van der Waals surface area contributed by atoms with Crippen LogP contribution in [0.4, 0.5) is 4.39 Å². The van der Waals surface area contributed by atoms with Gasteiger partial charge in [0, 0.05) is 19.5 Å². The maximum absolute atomic E-state index is 13.4. The van der Waals surface area contributed by atoms with Crippen LogP contribution in [0.1, 0.15) is 36.8 Å². The lowest BCUT2D eigenvalue weighted by atomic mass is 9.98. The van der Waals surface area contributed by atoms with Crippen LogP contribution < -0.4 is 0 Å². The minimum Gasteiger partial charge on any atom is -0.416 e. The molecule has 3 rings (SSSR count). The van der Waals surface area contributed by atoms with Gasteiger partial charge in [-0.1, -0.05) is 61.2 Å². The SMILES string of the molecule is CCN(Cc1cccc(F)c1)C(=O)CSc1nnc(CC(C)c2ccccc2)o1. The third-order valence-electron chi connectivity index (χ3n) is 4.61. The summed E-state index contributed by atoms with van der Waals surface area (Å²) in [6.45, 7) is 4.93. The Hall–Kier alpha value is -2.67. The van der Waals surface area contributed by atoms with Crippen molar-refractivity contribution >= 4 is 17.7 Å². The molecule has 2 aromatic carbocycles. The van der Waals surface area contributed by atoms with Gasteiger partial charge in [-0.05, 0) is 36.1 Å². The van der Waals surface area contributed by atoms with E-state index in [1.54, 1.807) is 11.0 Å². The summed E-state index contributed by atoms with van der Waals surface area (Å²) in [5.41, 5.74) is 1.98. The minimum absolute atomic E-state index is 0.0563. The molecular weight excluding hydrogens is 389 g/mol. The fourth-order valence-electron chi connectivity index (χ4n) is 2.99. The summed E-state index contributed by atoms with van der Waals surface area (Å²) in [7, 11) is 0. The molecule has 152 valence electrons. The van der Waals surface area contributed by atoms with Gasteiger partial charge in [0.2, 0.25) is 11.8 Å². The van der Waals surface area contributed by atoms with Gasteiger partial charge in [0.15, 0.2) is 0 Å². The highest BCUT2D eigenvalue weighted by Gasteiger charge is 2.16. The summed E-state index contributed by atoms with van der Waals surface area (Å²) < 4.78 is 19.1. The molecule has 1 heterocycles. The highest BCUT2D eigenvalue weighted by atomic mass is 32.2. The maximum Gasteiger partial charge on any atom is 0.277 e. The number of amides is 1. The lowest BCUT2D eigenvalue weighted by molar-refractivity contribution is -0.128. The van der Waals surface area contributed by atoms with E-state index in [0.29, 0.717) is 30.6 Å². The van der Waals surface area contributed by atoms with Crippen molar-refractivity contribution in [2.75, 3.05) is 12.3 Å². The third kappa shape index (κ3) is 6.15. The number of halogens is 1. The maximum atomic E-state index is 13.4. The second-order valence-electron chi connectivity index (χ2n) is 6.80. The van der Waals surface area contributed by atoms with Gasteiger partial charge in [-0.25, -0.2) is 4.39 Å². The Morgan fingerprint density at radius 1 is 1.17 bits per heavy atom. The number of benzene rings is 2. The zero-order chi connectivity index (χ0) is 20.6. The first-order chi connectivity index (χ1) is 14.0. The zero-order valence-corrected chi connectivity index (χ0v) is 17.4. The molecule has 0 fully saturated rings. The molecule has 0 bridgehead atoms. The number of aromatic nitrogens is 2. The van der Waals surface area contributed by atoms with Crippen LogP contribution >= 0.6 is 11.8 Å². The fraction of sp³-hybridized carbons (Fsp3) is 0.318. The lowest BCUT2D eigenvalue weighted by Crippen LogP contribution is -2.31. The molecule has 0 spiro atoms. The number of carbonyl (C=O) groups excluding carboxylic acids is 1. The van der Waals surface area contributed by atoms with Crippen molar-refractivity contribution in [3.8, 4) is 0 Å². The molecule has 0 aliphatic heterocycles. The number of hydrogen-bond donors (Lipinski definition) is 0. The van der Waals surface area contributed by atoms with Gasteiger partial charge in [0.25, 0.3) is 5.22 Å². The highest BCUT2D eigenvalue weighted by molar-refractivity contribution is 7.99. The van der Waals surface area contributed by atoms with Crippen LogP contribution in [0.2, 0.25) is 0 Å². The molecule has 29 heavy (non-hydrogen) atoms. The van der Waals surface area contributed by atoms with Crippen LogP contribution in [0.15, 0.2) is 64.2 Å². The first-order valence-corrected chi connectivity index (χ1v) is 10.6. The fourth-order valence-corrected chi connectivity index (χ4v) is 3.67. The topological polar surface area (TPSA) is 59.2 Å². The Morgan fingerprint density at radius 2 is 1.97 bits per heavy atom. The van der Waals surface area contributed by atoms with Crippen molar-refractivity contribution in [2.45, 2.75) is 38.0 Å². The molecule has 0 radical (unpaired) electrons. The van der Waals surface area contributed by atoms with E-state index in [1.807, 2.05) is 31.2 Å². The van der Waals surface area contributed by atoms with Gasteiger partial charge < -0.3 is 9.32 Å². The van der Waals surface area contributed by atoms with Crippen molar-refractivity contribution < 1.29 is 13.6 Å². The number of hydrogen-bond acceptors (Lipinski definition) is 5. The lowest BCUT2D eigenvalue weighted by Gasteiger charge is -2.20. The van der Waals surface area contributed by atoms with Crippen LogP contribution in [0, 0.1) is 5.82 Å². The van der Waals surface area contributed by atoms with E-state index in [2.05, 4.69) is 29.3 Å². The predicted molar refractivity (Wildman–Crippen MR) is 111 cm³/mol. The third-order valence-corrected chi connectivity index (χ3v) is 5.42. The van der Waals surface area contributed by atoms with E-state index >= 15 is 0 Å². The first kappa shape index (κ1) is 21.0. The Labute approximate surface area is 174 Å². The normalized spacial score (nSPS) is 12.0. The van der Waals surface area contributed by atoms with Crippen molar-refractivity contribution in [1.29, 1.82) is 0 Å². The number of rotatable bonds is 9. The van der Waals surface area contributed by atoms with Gasteiger partial charge in [0.1, 0.15) is 5.82 Å². The van der Waals surface area contributed by atoms with E-state index in [0.717, 1.165) is 5.56 Å². The molecule has 1 aromatic heterocycles. The summed E-state index contributed by atoms with van der Waals surface area (Å²) in [5.74, 6) is 0.656. The van der Waals surface area contributed by atoms with E-state index in [-0.39, 0.29) is 23.4 Å². The van der Waals surface area contributed by atoms with E-state index in [1.165, 1.54) is 29.5 Å². The number of thioether (sulfide) groups is 1. The van der Waals surface area contributed by atoms with Gasteiger partial charge in [0.05, 0.1) is 5.75 Å². The summed E-state index contributed by atoms with van der Waals surface area (Å²) in [5, 5.41) is 8.52. The summed E-state index contributed by atoms with van der Waals surface area (Å²) >= 11 is 1.22. The Bertz CT molecular complexity index is 933. The second kappa shape index (κ2) is 10.2. The van der Waals surface area contributed by atoms with Crippen molar-refractivity contribution in [3.63, 3.8) is 0 Å². The average Bonchev–Trinajstić information content (AvgIpc) is 3.18. The molecule has 3 aromatic rings. The van der Waals surface area contributed by atoms with E-state index in [4.69, 9.17) is 4.42 Å². The molecule has 0 aliphatic rings. The van der Waals surface area contributed by atoms with Gasteiger partial charge in [-0.3, -0.25) is 4.79 Å². The van der Waals surface area contributed by atoms with Crippen LogP contribution in [0.3, 0.4) is 0 Å². The van der Waals surface area contributed by atoms with Crippen molar-refractivity contribution in [2.24, 2.45) is 0 Å². The molecular formula is C22H24FN3O2S. The molecule has 7 heteroatoms. The zero-order valence-electron chi connectivity index (χ0n) is 16.5. The van der Waals surface area contributed by atoms with Gasteiger partial charge in [-0.2, -0.15) is 0 Å². The summed E-state index contributed by atoms with van der Waals surface area (Å²) in [4.78, 5) is 14.2. The average molecular weight is 414 g/mol. The monoisotopic (exact) mass is 413 g/mol. The van der Waals surface area contributed by atoms with Crippen LogP contribution in [-0.4, -0.2) is 33.3 Å². The molecule has 5 nitrogen and oxygen atoms in total. The second-order valence-corrected chi connectivity index (χ2v) is 7.73. The largest absolute Gasteiger partial charge is 0.416 e. The molecule has 1 unspecified atom stereocenters. The molecule has 0 saturated carbocycles. The Morgan fingerprint density at radius 3 is 2.69 bits per heavy atom. The smallest absolute Gasteiger partial charge is 0.277 e. The van der Waals surface area contributed by atoms with Crippen LogP contribution in [0.25, 0.3) is 0 Å². The Balaban J connectivity index is 1.52. The predicted octanol–water partition coefficient (Wildman–Crippen LogP) is 4.70. The van der Waals surface area contributed by atoms with Crippen molar-refractivity contribution in [3.05, 3.63) is 77.4 Å².